The molecule has 0 aliphatic rings. The number of carboxylic acid groups (broad SMARTS) is 1. The van der Waals surface area contributed by atoms with Crippen LogP contribution in [0.15, 0.2) is 35.9 Å². The number of benzene rings is 1. The van der Waals surface area contributed by atoms with E-state index in [0.717, 1.165) is 11.6 Å². The first kappa shape index (κ1) is 14.0. The summed E-state index contributed by atoms with van der Waals surface area (Å²) in [7, 11) is 0. The zero-order valence-corrected chi connectivity index (χ0v) is 11.5. The Morgan fingerprint density at radius 2 is 2.20 bits per heavy atom. The monoisotopic (exact) mass is 288 g/mol. The number of hydrogen-bond acceptors (Lipinski definition) is 4. The van der Waals surface area contributed by atoms with E-state index in [-0.39, 0.29) is 5.91 Å². The second kappa shape index (κ2) is 6.12. The number of amides is 1. The average Bonchev–Trinajstić information content (AvgIpc) is 2.90. The Bertz CT molecular complexity index is 663. The minimum atomic E-state index is -1.03. The van der Waals surface area contributed by atoms with E-state index >= 15 is 0 Å². The third-order valence-corrected chi connectivity index (χ3v) is 3.27. The Kier molecular flexibility index (Phi) is 4.27. The van der Waals surface area contributed by atoms with Crippen LogP contribution in [0.2, 0.25) is 0 Å². The molecule has 102 valence electrons. The number of carboxylic acids is 1. The number of anilines is 1. The van der Waals surface area contributed by atoms with Crippen molar-refractivity contribution in [2.75, 3.05) is 5.32 Å². The fraction of sp³-hybridized carbons (Fsp3) is 0.0714. The van der Waals surface area contributed by atoms with Gasteiger partial charge in [-0.15, -0.1) is 11.3 Å². The Morgan fingerprint density at radius 3 is 2.85 bits per heavy atom. The number of rotatable bonds is 4. The van der Waals surface area contributed by atoms with E-state index in [1.54, 1.807) is 29.8 Å². The fourth-order valence-corrected chi connectivity index (χ4v) is 2.13. The van der Waals surface area contributed by atoms with E-state index in [2.05, 4.69) is 10.3 Å². The largest absolute Gasteiger partial charge is 0.478 e. The predicted octanol–water partition coefficient (Wildman–Crippen LogP) is 2.80. The van der Waals surface area contributed by atoms with E-state index in [0.29, 0.717) is 16.3 Å². The Morgan fingerprint density at radius 1 is 1.40 bits per heavy atom. The van der Waals surface area contributed by atoms with Crippen molar-refractivity contribution in [1.82, 2.24) is 4.98 Å². The summed E-state index contributed by atoms with van der Waals surface area (Å²) in [4.78, 5) is 26.6. The highest BCUT2D eigenvalue weighted by atomic mass is 32.1. The van der Waals surface area contributed by atoms with E-state index in [4.69, 9.17) is 5.11 Å². The molecule has 0 saturated heterocycles. The first-order valence-corrected chi connectivity index (χ1v) is 6.67. The van der Waals surface area contributed by atoms with Crippen LogP contribution in [0.1, 0.15) is 21.5 Å². The molecular weight excluding hydrogens is 276 g/mol. The fourth-order valence-electron chi connectivity index (χ4n) is 1.61. The van der Waals surface area contributed by atoms with Gasteiger partial charge in [0.05, 0.1) is 0 Å². The molecule has 20 heavy (non-hydrogen) atoms. The number of aliphatic carboxylic acids is 1. The topological polar surface area (TPSA) is 79.3 Å². The van der Waals surface area contributed by atoms with Crippen LogP contribution >= 0.6 is 11.3 Å². The predicted molar refractivity (Wildman–Crippen MR) is 77.9 cm³/mol. The molecule has 1 aromatic heterocycles. The molecular formula is C14H12N2O3S. The van der Waals surface area contributed by atoms with Crippen molar-refractivity contribution in [3.05, 3.63) is 52.5 Å². The molecule has 1 amide bonds. The summed E-state index contributed by atoms with van der Waals surface area (Å²) in [5, 5.41) is 13.6. The molecule has 2 aromatic rings. The molecule has 0 aliphatic heterocycles. The quantitative estimate of drug-likeness (QED) is 0.848. The summed E-state index contributed by atoms with van der Waals surface area (Å²) in [6.07, 6.45) is 4.09. The highest BCUT2D eigenvalue weighted by Gasteiger charge is 2.10. The highest BCUT2D eigenvalue weighted by Crippen LogP contribution is 2.16. The standard InChI is InChI=1S/C14H12N2O3S/c1-9-2-3-10(4-5-12(17)18)8-11(9)13(19)16-14-15-6-7-20-14/h2-8H,1H3,(H,17,18)(H,15,16,19). The summed E-state index contributed by atoms with van der Waals surface area (Å²) in [6, 6.07) is 5.19. The molecule has 0 saturated carbocycles. The maximum absolute atomic E-state index is 12.1. The molecule has 2 N–H and O–H groups in total. The molecule has 2 rings (SSSR count). The van der Waals surface area contributed by atoms with Gasteiger partial charge in [-0.1, -0.05) is 12.1 Å². The molecule has 0 radical (unpaired) electrons. The van der Waals surface area contributed by atoms with Crippen LogP contribution in [-0.2, 0) is 4.79 Å². The second-order valence-corrected chi connectivity index (χ2v) is 4.93. The SMILES string of the molecule is Cc1ccc(C=CC(=O)O)cc1C(=O)Nc1nccs1. The molecule has 1 aromatic carbocycles. The van der Waals surface area contributed by atoms with Gasteiger partial charge in [0.25, 0.3) is 5.91 Å². The van der Waals surface area contributed by atoms with Crippen LogP contribution in [0.25, 0.3) is 6.08 Å². The number of aryl methyl sites for hydroxylation is 1. The van der Waals surface area contributed by atoms with Gasteiger partial charge in [0, 0.05) is 23.2 Å². The van der Waals surface area contributed by atoms with Crippen LogP contribution in [-0.4, -0.2) is 22.0 Å². The van der Waals surface area contributed by atoms with E-state index in [1.165, 1.54) is 17.4 Å². The number of carbonyl (C=O) groups excluding carboxylic acids is 1. The zero-order valence-electron chi connectivity index (χ0n) is 10.7. The van der Waals surface area contributed by atoms with E-state index < -0.39 is 5.97 Å². The Labute approximate surface area is 119 Å². The minimum Gasteiger partial charge on any atom is -0.478 e. The average molecular weight is 288 g/mol. The number of nitrogens with one attached hydrogen (secondary N) is 1. The first-order chi connectivity index (χ1) is 9.56. The third kappa shape index (κ3) is 3.52. The minimum absolute atomic E-state index is 0.261. The first-order valence-electron chi connectivity index (χ1n) is 5.79. The molecule has 6 heteroatoms. The van der Waals surface area contributed by atoms with Crippen molar-refractivity contribution in [3.63, 3.8) is 0 Å². The molecule has 0 fully saturated rings. The molecule has 0 spiro atoms. The van der Waals surface area contributed by atoms with Gasteiger partial charge in [-0.2, -0.15) is 0 Å². The van der Waals surface area contributed by atoms with Crippen molar-refractivity contribution < 1.29 is 14.7 Å². The van der Waals surface area contributed by atoms with Gasteiger partial charge < -0.3 is 5.11 Å². The van der Waals surface area contributed by atoms with Gasteiger partial charge in [0.1, 0.15) is 0 Å². The summed E-state index contributed by atoms with van der Waals surface area (Å²) in [5.41, 5.74) is 1.96. The molecule has 0 atom stereocenters. The summed E-state index contributed by atoms with van der Waals surface area (Å²) < 4.78 is 0. The van der Waals surface area contributed by atoms with Crippen LogP contribution in [0.5, 0.6) is 0 Å². The van der Waals surface area contributed by atoms with Gasteiger partial charge >= 0.3 is 5.97 Å². The lowest BCUT2D eigenvalue weighted by Crippen LogP contribution is -2.13. The van der Waals surface area contributed by atoms with Gasteiger partial charge in [-0.25, -0.2) is 9.78 Å². The third-order valence-electron chi connectivity index (χ3n) is 2.58. The molecule has 5 nitrogen and oxygen atoms in total. The molecule has 1 heterocycles. The van der Waals surface area contributed by atoms with E-state index in [1.807, 2.05) is 6.92 Å². The number of nitrogens with zero attached hydrogens (tertiary/aromatic N) is 1. The zero-order chi connectivity index (χ0) is 14.5. The maximum Gasteiger partial charge on any atom is 0.328 e. The van der Waals surface area contributed by atoms with Crippen molar-refractivity contribution in [2.45, 2.75) is 6.92 Å². The Balaban J connectivity index is 2.24. The van der Waals surface area contributed by atoms with E-state index in [9.17, 15) is 9.59 Å². The van der Waals surface area contributed by atoms with Gasteiger partial charge in [-0.3, -0.25) is 10.1 Å². The molecule has 0 unspecified atom stereocenters. The van der Waals surface area contributed by atoms with Gasteiger partial charge in [-0.05, 0) is 30.2 Å². The van der Waals surface area contributed by atoms with Crippen molar-refractivity contribution in [3.8, 4) is 0 Å². The summed E-state index contributed by atoms with van der Waals surface area (Å²) in [5.74, 6) is -1.29. The smallest absolute Gasteiger partial charge is 0.328 e. The second-order valence-electron chi connectivity index (χ2n) is 4.04. The number of aromatic nitrogens is 1. The van der Waals surface area contributed by atoms with Crippen molar-refractivity contribution in [2.24, 2.45) is 0 Å². The molecule has 0 aliphatic carbocycles. The maximum atomic E-state index is 12.1. The van der Waals surface area contributed by atoms with Crippen molar-refractivity contribution >= 4 is 34.4 Å². The van der Waals surface area contributed by atoms with Crippen LogP contribution < -0.4 is 5.32 Å². The summed E-state index contributed by atoms with van der Waals surface area (Å²) >= 11 is 1.34. The van der Waals surface area contributed by atoms with Gasteiger partial charge in [0.15, 0.2) is 5.13 Å². The highest BCUT2D eigenvalue weighted by molar-refractivity contribution is 7.13. The van der Waals surface area contributed by atoms with Crippen LogP contribution in [0, 0.1) is 6.92 Å². The summed E-state index contributed by atoms with van der Waals surface area (Å²) in [6.45, 7) is 1.82. The Hall–Kier alpha value is -2.47. The molecule has 0 bridgehead atoms. The van der Waals surface area contributed by atoms with Gasteiger partial charge in [0.2, 0.25) is 0 Å². The van der Waals surface area contributed by atoms with Crippen LogP contribution in [0.4, 0.5) is 5.13 Å². The van der Waals surface area contributed by atoms with Crippen molar-refractivity contribution in [1.29, 1.82) is 0 Å². The number of carbonyl (C=O) groups is 2. The number of thiazole rings is 1. The normalized spacial score (nSPS) is 10.7. The van der Waals surface area contributed by atoms with Crippen LogP contribution in [0.3, 0.4) is 0 Å². The lowest BCUT2D eigenvalue weighted by Gasteiger charge is -2.06. The number of hydrogen-bond donors (Lipinski definition) is 2. The lowest BCUT2D eigenvalue weighted by atomic mass is 10.0. The lowest BCUT2D eigenvalue weighted by molar-refractivity contribution is -0.131.